The molecule has 0 aromatic heterocycles. The van der Waals surface area contributed by atoms with Gasteiger partial charge in [-0.3, -0.25) is 4.90 Å². The van der Waals surface area contributed by atoms with E-state index in [9.17, 15) is 0 Å². The molecule has 2 nitrogen and oxygen atoms in total. The average Bonchev–Trinajstić information content (AvgIpc) is 2.13. The van der Waals surface area contributed by atoms with Crippen LogP contribution in [0.1, 0.15) is 32.3 Å². The summed E-state index contributed by atoms with van der Waals surface area (Å²) < 4.78 is 1.07. The van der Waals surface area contributed by atoms with Crippen LogP contribution in [-0.4, -0.2) is 18.0 Å². The highest BCUT2D eigenvalue weighted by Gasteiger charge is 2.26. The van der Waals surface area contributed by atoms with Crippen molar-refractivity contribution in [3.8, 4) is 0 Å². The number of hydrogen-bond donors (Lipinski definition) is 1. The predicted octanol–water partition coefficient (Wildman–Crippen LogP) is 3.65. The van der Waals surface area contributed by atoms with Crippen LogP contribution in [0.4, 0.5) is 5.69 Å². The first-order chi connectivity index (χ1) is 7.94. The topological polar surface area (TPSA) is 29.3 Å². The molecule has 2 N–H and O–H groups in total. The van der Waals surface area contributed by atoms with E-state index in [2.05, 4.69) is 46.8 Å². The third-order valence-corrected chi connectivity index (χ3v) is 3.82. The zero-order chi connectivity index (χ0) is 12.5. The number of benzene rings is 1. The van der Waals surface area contributed by atoms with Crippen LogP contribution < -0.4 is 5.73 Å². The van der Waals surface area contributed by atoms with E-state index in [1.165, 1.54) is 31.5 Å². The maximum Gasteiger partial charge on any atom is 0.0328 e. The molecule has 0 aliphatic carbocycles. The van der Waals surface area contributed by atoms with E-state index < -0.39 is 0 Å². The first kappa shape index (κ1) is 12.9. The summed E-state index contributed by atoms with van der Waals surface area (Å²) in [5.41, 5.74) is 8.46. The molecule has 1 aliphatic rings. The van der Waals surface area contributed by atoms with Crippen molar-refractivity contribution in [2.75, 3.05) is 18.8 Å². The van der Waals surface area contributed by atoms with Gasteiger partial charge in [-0.05, 0) is 48.6 Å². The minimum atomic E-state index is 0.454. The molecule has 3 heteroatoms. The second kappa shape index (κ2) is 4.99. The van der Waals surface area contributed by atoms with Crippen LogP contribution in [0.3, 0.4) is 0 Å². The number of anilines is 1. The van der Waals surface area contributed by atoms with Crippen molar-refractivity contribution < 1.29 is 0 Å². The molecule has 0 amide bonds. The highest BCUT2D eigenvalue weighted by Crippen LogP contribution is 2.29. The van der Waals surface area contributed by atoms with Gasteiger partial charge in [0.05, 0.1) is 0 Å². The summed E-state index contributed by atoms with van der Waals surface area (Å²) in [6.07, 6.45) is 2.64. The quantitative estimate of drug-likeness (QED) is 0.844. The summed E-state index contributed by atoms with van der Waals surface area (Å²) in [6, 6.07) is 6.19. The van der Waals surface area contributed by atoms with E-state index >= 15 is 0 Å². The van der Waals surface area contributed by atoms with Gasteiger partial charge >= 0.3 is 0 Å². The molecule has 17 heavy (non-hydrogen) atoms. The Hall–Kier alpha value is -0.540. The Labute approximate surface area is 112 Å². The van der Waals surface area contributed by atoms with Gasteiger partial charge in [-0.25, -0.2) is 0 Å². The largest absolute Gasteiger partial charge is 0.399 e. The number of hydrogen-bond acceptors (Lipinski definition) is 2. The highest BCUT2D eigenvalue weighted by molar-refractivity contribution is 9.10. The third-order valence-electron chi connectivity index (χ3n) is 3.37. The monoisotopic (exact) mass is 296 g/mol. The number of rotatable bonds is 2. The van der Waals surface area contributed by atoms with Gasteiger partial charge in [-0.2, -0.15) is 0 Å². The lowest BCUT2D eigenvalue weighted by atomic mass is 9.84. The van der Waals surface area contributed by atoms with Gasteiger partial charge < -0.3 is 5.73 Å². The van der Waals surface area contributed by atoms with E-state index in [0.717, 1.165) is 16.7 Å². The first-order valence-corrected chi connectivity index (χ1v) is 7.01. The van der Waals surface area contributed by atoms with Gasteiger partial charge in [0.25, 0.3) is 0 Å². The predicted molar refractivity (Wildman–Crippen MR) is 76.8 cm³/mol. The van der Waals surface area contributed by atoms with Crippen LogP contribution in [0.25, 0.3) is 0 Å². The van der Waals surface area contributed by atoms with Crippen molar-refractivity contribution in [1.29, 1.82) is 0 Å². The Morgan fingerprint density at radius 3 is 2.76 bits per heavy atom. The molecule has 0 spiro atoms. The van der Waals surface area contributed by atoms with Crippen molar-refractivity contribution in [2.24, 2.45) is 5.41 Å². The molecule has 2 rings (SSSR count). The highest BCUT2D eigenvalue weighted by atomic mass is 79.9. The number of piperidine rings is 1. The normalized spacial score (nSPS) is 20.4. The van der Waals surface area contributed by atoms with Gasteiger partial charge in [-0.1, -0.05) is 29.8 Å². The van der Waals surface area contributed by atoms with E-state index in [0.29, 0.717) is 5.41 Å². The summed E-state index contributed by atoms with van der Waals surface area (Å²) in [6.45, 7) is 8.10. The van der Waals surface area contributed by atoms with Gasteiger partial charge in [0, 0.05) is 23.2 Å². The van der Waals surface area contributed by atoms with E-state index in [1.54, 1.807) is 0 Å². The molecule has 1 heterocycles. The number of halogens is 1. The molecule has 0 saturated carbocycles. The van der Waals surface area contributed by atoms with Crippen LogP contribution in [0.2, 0.25) is 0 Å². The van der Waals surface area contributed by atoms with E-state index in [4.69, 9.17) is 5.73 Å². The van der Waals surface area contributed by atoms with Crippen molar-refractivity contribution in [3.63, 3.8) is 0 Å². The summed E-state index contributed by atoms with van der Waals surface area (Å²) in [7, 11) is 0. The molecule has 0 radical (unpaired) electrons. The molecule has 1 aromatic rings. The summed E-state index contributed by atoms with van der Waals surface area (Å²) in [5.74, 6) is 0. The smallest absolute Gasteiger partial charge is 0.0328 e. The maximum absolute atomic E-state index is 5.87. The fourth-order valence-corrected chi connectivity index (χ4v) is 3.26. The van der Waals surface area contributed by atoms with Gasteiger partial charge in [-0.15, -0.1) is 0 Å². The second-order valence-electron chi connectivity index (χ2n) is 5.87. The molecular weight excluding hydrogens is 276 g/mol. The summed E-state index contributed by atoms with van der Waals surface area (Å²) in [5, 5.41) is 0. The minimum absolute atomic E-state index is 0.454. The Kier molecular flexibility index (Phi) is 3.79. The summed E-state index contributed by atoms with van der Waals surface area (Å²) >= 11 is 3.50. The number of nitrogen functional groups attached to an aromatic ring is 1. The zero-order valence-electron chi connectivity index (χ0n) is 10.7. The lowest BCUT2D eigenvalue weighted by Gasteiger charge is -2.38. The SMILES string of the molecule is CC1(C)CCCN(Cc2cc(N)cc(Br)c2)C1. The number of nitrogens with zero attached hydrogens (tertiary/aromatic N) is 1. The van der Waals surface area contributed by atoms with Crippen LogP contribution in [-0.2, 0) is 6.54 Å². The molecule has 0 unspecified atom stereocenters. The fraction of sp³-hybridized carbons (Fsp3) is 0.571. The maximum atomic E-state index is 5.87. The number of likely N-dealkylation sites (tertiary alicyclic amines) is 1. The molecule has 1 aromatic carbocycles. The Morgan fingerprint density at radius 2 is 2.12 bits per heavy atom. The van der Waals surface area contributed by atoms with Gasteiger partial charge in [0.2, 0.25) is 0 Å². The van der Waals surface area contributed by atoms with Crippen LogP contribution in [0.15, 0.2) is 22.7 Å². The molecular formula is C14H21BrN2. The Balaban J connectivity index is 2.05. The lowest BCUT2D eigenvalue weighted by Crippen LogP contribution is -2.39. The van der Waals surface area contributed by atoms with Crippen LogP contribution >= 0.6 is 15.9 Å². The standard InChI is InChI=1S/C14H21BrN2/c1-14(2)4-3-5-17(10-14)9-11-6-12(15)8-13(16)7-11/h6-8H,3-5,9-10,16H2,1-2H3. The lowest BCUT2D eigenvalue weighted by molar-refractivity contribution is 0.112. The van der Waals surface area contributed by atoms with E-state index in [-0.39, 0.29) is 0 Å². The fourth-order valence-electron chi connectivity index (χ4n) is 2.70. The molecule has 1 saturated heterocycles. The Morgan fingerprint density at radius 1 is 1.35 bits per heavy atom. The van der Waals surface area contributed by atoms with Crippen LogP contribution in [0, 0.1) is 5.41 Å². The van der Waals surface area contributed by atoms with Crippen molar-refractivity contribution >= 4 is 21.6 Å². The summed E-state index contributed by atoms with van der Waals surface area (Å²) in [4.78, 5) is 2.53. The Bertz CT molecular complexity index is 381. The average molecular weight is 297 g/mol. The molecule has 0 bridgehead atoms. The zero-order valence-corrected chi connectivity index (χ0v) is 12.3. The molecule has 1 aliphatic heterocycles. The van der Waals surface area contributed by atoms with Crippen LogP contribution in [0.5, 0.6) is 0 Å². The van der Waals surface area contributed by atoms with Crippen molar-refractivity contribution in [3.05, 3.63) is 28.2 Å². The van der Waals surface area contributed by atoms with Crippen molar-refractivity contribution in [2.45, 2.75) is 33.2 Å². The number of nitrogens with two attached hydrogens (primary N) is 1. The third kappa shape index (κ3) is 3.71. The minimum Gasteiger partial charge on any atom is -0.399 e. The van der Waals surface area contributed by atoms with Crippen molar-refractivity contribution in [1.82, 2.24) is 4.90 Å². The molecule has 94 valence electrons. The first-order valence-electron chi connectivity index (χ1n) is 6.22. The molecule has 1 fully saturated rings. The molecule has 0 atom stereocenters. The second-order valence-corrected chi connectivity index (χ2v) is 6.79. The van der Waals surface area contributed by atoms with Gasteiger partial charge in [0.1, 0.15) is 0 Å². The van der Waals surface area contributed by atoms with Gasteiger partial charge in [0.15, 0.2) is 0 Å². The van der Waals surface area contributed by atoms with E-state index in [1.807, 2.05) is 6.07 Å².